The van der Waals surface area contributed by atoms with Gasteiger partial charge in [-0.3, -0.25) is 10.8 Å². The Labute approximate surface area is 161 Å². The van der Waals surface area contributed by atoms with Crippen LogP contribution < -0.4 is 15.8 Å². The van der Waals surface area contributed by atoms with Gasteiger partial charge < -0.3 is 18.8 Å². The zero-order chi connectivity index (χ0) is 19.8. The third-order valence-corrected chi connectivity index (χ3v) is 4.92. The van der Waals surface area contributed by atoms with Gasteiger partial charge in [-0.25, -0.2) is 0 Å². The van der Waals surface area contributed by atoms with Crippen molar-refractivity contribution in [3.05, 3.63) is 65.1 Å². The summed E-state index contributed by atoms with van der Waals surface area (Å²) in [6, 6.07) is 15.4. The number of rotatable bonds is 4. The molecule has 0 unspecified atom stereocenters. The number of nitrogens with one attached hydrogen (secondary N) is 2. The van der Waals surface area contributed by atoms with Gasteiger partial charge in [-0.05, 0) is 55.0 Å². The number of aliphatic hydroxyl groups is 1. The van der Waals surface area contributed by atoms with E-state index >= 15 is 0 Å². The van der Waals surface area contributed by atoms with Crippen molar-refractivity contribution >= 4 is 21.7 Å². The molecule has 0 saturated heterocycles. The smallest absolute Gasteiger partial charge is 0.223 e. The second kappa shape index (κ2) is 6.98. The first kappa shape index (κ1) is 18.0. The van der Waals surface area contributed by atoms with Crippen LogP contribution in [0.25, 0.3) is 33.0 Å². The van der Waals surface area contributed by atoms with E-state index in [1.54, 1.807) is 11.7 Å². The summed E-state index contributed by atoms with van der Waals surface area (Å²) in [5, 5.41) is 28.7. The van der Waals surface area contributed by atoms with Gasteiger partial charge in [0.15, 0.2) is 0 Å². The fraction of sp³-hybridized carbons (Fsp3) is 0.182. The fourth-order valence-electron chi connectivity index (χ4n) is 3.55. The molecule has 4 aromatic rings. The molecule has 0 spiro atoms. The molecule has 142 valence electrons. The molecule has 0 aliphatic heterocycles. The minimum absolute atomic E-state index is 0.0516. The van der Waals surface area contributed by atoms with Gasteiger partial charge in [0.25, 0.3) is 0 Å². The first-order valence-corrected chi connectivity index (χ1v) is 8.99. The van der Waals surface area contributed by atoms with Crippen LogP contribution in [0.4, 0.5) is 0 Å². The van der Waals surface area contributed by atoms with Gasteiger partial charge in [0.05, 0.1) is 24.8 Å². The summed E-state index contributed by atoms with van der Waals surface area (Å²) in [5.41, 5.74) is 3.48. The second-order valence-corrected chi connectivity index (χ2v) is 6.70. The highest BCUT2D eigenvalue weighted by Crippen LogP contribution is 2.28. The molecule has 4 rings (SSSR count). The Kier molecular flexibility index (Phi) is 4.49. The average molecular weight is 375 g/mol. The zero-order valence-corrected chi connectivity index (χ0v) is 15.7. The number of fused-ring (bicyclic) bond motifs is 3. The summed E-state index contributed by atoms with van der Waals surface area (Å²) in [6.45, 7) is 2.14. The number of nitrogens with zero attached hydrogens (tertiary/aromatic N) is 1. The van der Waals surface area contributed by atoms with Crippen molar-refractivity contribution in [2.45, 2.75) is 13.5 Å². The third-order valence-electron chi connectivity index (χ3n) is 4.92. The van der Waals surface area contributed by atoms with E-state index in [0.717, 1.165) is 33.3 Å². The zero-order valence-electron chi connectivity index (χ0n) is 15.7. The standard InChI is InChI=1S/C22H21N3O3/c1-13-3-8-19-16(11-13)17-12-18(14-4-6-15(27-2)7-5-14)25(9-10-26)21(23)20(17)22(24)28-19/h3-8,11-12,23-24,26H,9-10H2,1-2H3. The minimum Gasteiger partial charge on any atom is -0.497 e. The molecule has 0 aliphatic rings. The van der Waals surface area contributed by atoms with Gasteiger partial charge in [0, 0.05) is 17.3 Å². The highest BCUT2D eigenvalue weighted by molar-refractivity contribution is 6.05. The number of aryl methyl sites for hydroxylation is 1. The van der Waals surface area contributed by atoms with Gasteiger partial charge in [-0.1, -0.05) is 11.6 Å². The van der Waals surface area contributed by atoms with Crippen molar-refractivity contribution in [1.29, 1.82) is 10.8 Å². The van der Waals surface area contributed by atoms with Crippen molar-refractivity contribution in [1.82, 2.24) is 4.57 Å². The number of hydrogen-bond acceptors (Lipinski definition) is 5. The highest BCUT2D eigenvalue weighted by atomic mass is 16.5. The molecule has 0 bridgehead atoms. The lowest BCUT2D eigenvalue weighted by Gasteiger charge is -2.16. The predicted octanol–water partition coefficient (Wildman–Crippen LogP) is 3.32. The van der Waals surface area contributed by atoms with Crippen LogP contribution in [-0.4, -0.2) is 23.4 Å². The molecule has 0 radical (unpaired) electrons. The van der Waals surface area contributed by atoms with E-state index < -0.39 is 0 Å². The summed E-state index contributed by atoms with van der Waals surface area (Å²) < 4.78 is 12.6. The average Bonchev–Trinajstić information content (AvgIpc) is 2.70. The molecular weight excluding hydrogens is 354 g/mol. The molecular formula is C22H21N3O3. The van der Waals surface area contributed by atoms with Crippen LogP contribution >= 0.6 is 0 Å². The number of ether oxygens (including phenoxy) is 1. The first-order valence-electron chi connectivity index (χ1n) is 8.99. The maximum Gasteiger partial charge on any atom is 0.223 e. The monoisotopic (exact) mass is 375 g/mol. The van der Waals surface area contributed by atoms with Crippen molar-refractivity contribution in [2.24, 2.45) is 0 Å². The van der Waals surface area contributed by atoms with Crippen molar-refractivity contribution in [3.63, 3.8) is 0 Å². The van der Waals surface area contributed by atoms with Crippen LogP contribution in [0.3, 0.4) is 0 Å². The Hall–Kier alpha value is -3.38. The predicted molar refractivity (Wildman–Crippen MR) is 107 cm³/mol. The molecule has 0 saturated carbocycles. The molecule has 2 aromatic heterocycles. The van der Waals surface area contributed by atoms with Crippen LogP contribution in [0, 0.1) is 17.7 Å². The second-order valence-electron chi connectivity index (χ2n) is 6.70. The number of benzene rings is 2. The molecule has 0 amide bonds. The van der Waals surface area contributed by atoms with E-state index in [4.69, 9.17) is 20.0 Å². The quantitative estimate of drug-likeness (QED) is 0.478. The molecule has 2 heterocycles. The Morgan fingerprint density at radius 1 is 1.04 bits per heavy atom. The molecule has 0 fully saturated rings. The van der Waals surface area contributed by atoms with Crippen LogP contribution in [0.1, 0.15) is 5.56 Å². The number of aromatic nitrogens is 1. The SMILES string of the molecule is COc1ccc(-c2cc3c(c(=N)oc4ccc(C)cc43)c(=N)n2CCO)cc1. The van der Waals surface area contributed by atoms with Gasteiger partial charge in [-0.2, -0.15) is 0 Å². The van der Waals surface area contributed by atoms with Crippen LogP contribution in [0.2, 0.25) is 0 Å². The van der Waals surface area contributed by atoms with Crippen molar-refractivity contribution < 1.29 is 14.3 Å². The van der Waals surface area contributed by atoms with Crippen LogP contribution in [0.15, 0.2) is 52.9 Å². The number of pyridine rings is 1. The van der Waals surface area contributed by atoms with Crippen molar-refractivity contribution in [2.75, 3.05) is 13.7 Å². The summed E-state index contributed by atoms with van der Waals surface area (Å²) in [5.74, 6) is 0.748. The lowest BCUT2D eigenvalue weighted by atomic mass is 10.0. The van der Waals surface area contributed by atoms with E-state index in [9.17, 15) is 5.11 Å². The Morgan fingerprint density at radius 3 is 2.46 bits per heavy atom. The Morgan fingerprint density at radius 2 is 1.79 bits per heavy atom. The van der Waals surface area contributed by atoms with E-state index in [1.165, 1.54) is 0 Å². The lowest BCUT2D eigenvalue weighted by molar-refractivity contribution is 0.274. The number of hydrogen-bond donors (Lipinski definition) is 3. The molecule has 3 N–H and O–H groups in total. The van der Waals surface area contributed by atoms with E-state index in [2.05, 4.69) is 0 Å². The van der Waals surface area contributed by atoms with E-state index in [-0.39, 0.29) is 24.2 Å². The van der Waals surface area contributed by atoms with Crippen LogP contribution in [-0.2, 0) is 6.54 Å². The topological polar surface area (TPSA) is 95.2 Å². The largest absolute Gasteiger partial charge is 0.497 e. The van der Waals surface area contributed by atoms with Crippen molar-refractivity contribution in [3.8, 4) is 17.0 Å². The highest BCUT2D eigenvalue weighted by Gasteiger charge is 2.14. The third kappa shape index (κ3) is 2.88. The van der Waals surface area contributed by atoms with Gasteiger partial charge in [-0.15, -0.1) is 0 Å². The lowest BCUT2D eigenvalue weighted by Crippen LogP contribution is -2.27. The molecule has 6 heteroatoms. The van der Waals surface area contributed by atoms with Gasteiger partial charge in [0.2, 0.25) is 5.55 Å². The normalized spacial score (nSPS) is 11.2. The maximum absolute atomic E-state index is 9.55. The summed E-state index contributed by atoms with van der Waals surface area (Å²) in [6.07, 6.45) is 0. The molecule has 0 aliphatic carbocycles. The Bertz CT molecular complexity index is 1300. The fourth-order valence-corrected chi connectivity index (χ4v) is 3.55. The Balaban J connectivity index is 2.14. The molecule has 0 atom stereocenters. The number of methoxy groups -OCH3 is 1. The van der Waals surface area contributed by atoms with Crippen LogP contribution in [0.5, 0.6) is 5.75 Å². The first-order chi connectivity index (χ1) is 13.5. The summed E-state index contributed by atoms with van der Waals surface area (Å²) in [4.78, 5) is 0. The van der Waals surface area contributed by atoms with E-state index in [1.807, 2.05) is 55.5 Å². The van der Waals surface area contributed by atoms with Gasteiger partial charge in [0.1, 0.15) is 16.8 Å². The molecule has 6 nitrogen and oxygen atoms in total. The maximum atomic E-state index is 9.55. The van der Waals surface area contributed by atoms with Gasteiger partial charge >= 0.3 is 0 Å². The summed E-state index contributed by atoms with van der Waals surface area (Å²) >= 11 is 0. The number of aliphatic hydroxyl groups excluding tert-OH is 1. The van der Waals surface area contributed by atoms with E-state index in [0.29, 0.717) is 11.0 Å². The summed E-state index contributed by atoms with van der Waals surface area (Å²) in [7, 11) is 1.62. The molecule has 2 aromatic carbocycles. The minimum atomic E-state index is -0.109. The molecule has 28 heavy (non-hydrogen) atoms.